The predicted molar refractivity (Wildman–Crippen MR) is 200 cm³/mol. The van der Waals surface area contributed by atoms with Gasteiger partial charge in [-0.2, -0.15) is 22.5 Å². The number of pyridine rings is 2. The van der Waals surface area contributed by atoms with E-state index in [-0.39, 0.29) is 42.7 Å². The molecule has 2 aliphatic heterocycles. The Morgan fingerprint density at radius 3 is 2.41 bits per heavy atom. The molecule has 1 aromatic carbocycles. The van der Waals surface area contributed by atoms with Crippen LogP contribution in [0.2, 0.25) is 0 Å². The van der Waals surface area contributed by atoms with Gasteiger partial charge in [0.2, 0.25) is 21.7 Å². The molecule has 1 fully saturated rings. The average molecular weight is 804 g/mol. The van der Waals surface area contributed by atoms with E-state index in [1.54, 1.807) is 52.0 Å². The first-order valence-corrected chi connectivity index (χ1v) is 19.9. The Hall–Kier alpha value is -4.36. The summed E-state index contributed by atoms with van der Waals surface area (Å²) < 4.78 is 89.7. The van der Waals surface area contributed by atoms with Gasteiger partial charge in [-0.15, -0.1) is 10.2 Å². The lowest BCUT2D eigenvalue weighted by atomic mass is 9.70. The SMILES string of the molecule is Cc1ccc([C@H](c2ccn3c(C(F)(F)F)nnc3c2C)C(C)(C)C(=O)O)cc1CN1CCCOCCOc2nc(NCCN3CCOCC3)c(C)cc2S1(=O)=O. The summed E-state index contributed by atoms with van der Waals surface area (Å²) >= 11 is 0. The highest BCUT2D eigenvalue weighted by atomic mass is 32.2. The lowest BCUT2D eigenvalue weighted by molar-refractivity contribution is -0.147. The van der Waals surface area contributed by atoms with Crippen LogP contribution in [0.3, 0.4) is 0 Å². The number of hydrogen-bond acceptors (Lipinski definition) is 11. The number of morpholine rings is 1. The monoisotopic (exact) mass is 803 g/mol. The Morgan fingerprint density at radius 2 is 1.70 bits per heavy atom. The number of nitrogens with zero attached hydrogens (tertiary/aromatic N) is 6. The second-order valence-corrected chi connectivity index (χ2v) is 16.7. The predicted octanol–water partition coefficient (Wildman–Crippen LogP) is 5.05. The van der Waals surface area contributed by atoms with E-state index in [2.05, 4.69) is 25.4 Å². The first kappa shape index (κ1) is 41.3. The fraction of sp³-hybridized carbons (Fsp3) is 0.526. The third-order valence-electron chi connectivity index (χ3n) is 10.5. The van der Waals surface area contributed by atoms with Gasteiger partial charge in [0.25, 0.3) is 0 Å². The smallest absolute Gasteiger partial charge is 0.452 e. The summed E-state index contributed by atoms with van der Waals surface area (Å²) in [4.78, 5) is 19.7. The zero-order valence-corrected chi connectivity index (χ0v) is 33.0. The van der Waals surface area contributed by atoms with Gasteiger partial charge in [0.05, 0.1) is 25.2 Å². The standard InChI is InChI=1S/C38H48F3N7O7S/c1-24-7-8-27(31(37(4,5)36(49)50)29-9-12-48-33(26(29)3)44-45-35(48)38(39,40)41)22-28(24)23-47-11-6-16-53-19-20-55-34-30(56(47,51)52)21-25(2)32(43-34)42-10-13-46-14-17-54-18-15-46/h7-9,12,21-22,31H,6,10-11,13-20,23H2,1-5H3,(H,42,43)(H,49,50)/t31-/m1/s1. The number of aromatic nitrogens is 4. The molecule has 2 N–H and O–H groups in total. The Labute approximate surface area is 324 Å². The van der Waals surface area contributed by atoms with Crippen molar-refractivity contribution in [1.82, 2.24) is 28.8 Å². The number of alkyl halides is 3. The molecule has 56 heavy (non-hydrogen) atoms. The number of sulfonamides is 1. The van der Waals surface area contributed by atoms with Crippen molar-refractivity contribution in [2.75, 3.05) is 71.1 Å². The second-order valence-electron chi connectivity index (χ2n) is 14.7. The summed E-state index contributed by atoms with van der Waals surface area (Å²) in [5, 5.41) is 21.0. The van der Waals surface area contributed by atoms with Crippen LogP contribution in [-0.2, 0) is 37.0 Å². The van der Waals surface area contributed by atoms with Crippen LogP contribution in [0.25, 0.3) is 5.65 Å². The number of carboxylic acid groups (broad SMARTS) is 1. The summed E-state index contributed by atoms with van der Waals surface area (Å²) in [5.74, 6) is -2.73. The van der Waals surface area contributed by atoms with Gasteiger partial charge in [-0.3, -0.25) is 14.1 Å². The van der Waals surface area contributed by atoms with Crippen molar-refractivity contribution in [2.24, 2.45) is 5.41 Å². The van der Waals surface area contributed by atoms with Crippen molar-refractivity contribution >= 4 is 27.5 Å². The van der Waals surface area contributed by atoms with Gasteiger partial charge in [-0.1, -0.05) is 18.2 Å². The minimum absolute atomic E-state index is 0.0401. The summed E-state index contributed by atoms with van der Waals surface area (Å²) in [6.45, 7) is 13.4. The van der Waals surface area contributed by atoms with Crippen LogP contribution in [0.1, 0.15) is 65.4 Å². The lowest BCUT2D eigenvalue weighted by Crippen LogP contribution is -2.39. The minimum Gasteiger partial charge on any atom is -0.481 e. The quantitative estimate of drug-likeness (QED) is 0.220. The Morgan fingerprint density at radius 1 is 0.964 bits per heavy atom. The van der Waals surface area contributed by atoms with E-state index in [4.69, 9.17) is 14.2 Å². The van der Waals surface area contributed by atoms with Crippen molar-refractivity contribution in [2.45, 2.75) is 64.6 Å². The number of halogens is 3. The maximum atomic E-state index is 14.6. The van der Waals surface area contributed by atoms with Gasteiger partial charge in [-0.25, -0.2) is 8.42 Å². The Balaban J connectivity index is 1.36. The highest BCUT2D eigenvalue weighted by Gasteiger charge is 2.42. The third-order valence-corrected chi connectivity index (χ3v) is 12.3. The van der Waals surface area contributed by atoms with Crippen molar-refractivity contribution < 1.29 is 45.7 Å². The molecule has 2 aliphatic rings. The van der Waals surface area contributed by atoms with E-state index in [1.807, 2.05) is 6.92 Å². The number of benzene rings is 1. The maximum absolute atomic E-state index is 14.6. The zero-order valence-electron chi connectivity index (χ0n) is 32.1. The highest BCUT2D eigenvalue weighted by molar-refractivity contribution is 7.89. The molecule has 0 aliphatic carbocycles. The highest BCUT2D eigenvalue weighted by Crippen LogP contribution is 2.44. The van der Waals surface area contributed by atoms with Crippen molar-refractivity contribution in [3.05, 3.63) is 75.7 Å². The molecule has 6 rings (SSSR count). The van der Waals surface area contributed by atoms with Crippen LogP contribution < -0.4 is 10.1 Å². The summed E-state index contributed by atoms with van der Waals surface area (Å²) in [6, 6.07) is 8.37. The number of nitrogens with one attached hydrogen (secondary N) is 1. The third kappa shape index (κ3) is 8.63. The molecule has 0 spiro atoms. The molecule has 0 unspecified atom stereocenters. The summed E-state index contributed by atoms with van der Waals surface area (Å²) in [5.41, 5.74) is 1.80. The Kier molecular flexibility index (Phi) is 12.3. The molecule has 18 heteroatoms. The van der Waals surface area contributed by atoms with Crippen LogP contribution in [-0.4, -0.2) is 114 Å². The van der Waals surface area contributed by atoms with Crippen LogP contribution >= 0.6 is 0 Å². The second kappa shape index (κ2) is 16.6. The van der Waals surface area contributed by atoms with E-state index in [0.29, 0.717) is 66.4 Å². The number of hydrogen-bond donors (Lipinski definition) is 2. The van der Waals surface area contributed by atoms with Gasteiger partial charge in [-0.05, 0) is 86.6 Å². The fourth-order valence-electron chi connectivity index (χ4n) is 7.20. The number of anilines is 1. The normalized spacial score (nSPS) is 18.1. The van der Waals surface area contributed by atoms with E-state index >= 15 is 0 Å². The van der Waals surface area contributed by atoms with Crippen molar-refractivity contribution in [1.29, 1.82) is 0 Å². The molecule has 0 saturated carbocycles. The maximum Gasteiger partial charge on any atom is 0.452 e. The molecule has 0 bridgehead atoms. The van der Waals surface area contributed by atoms with Crippen LogP contribution in [0.15, 0.2) is 41.4 Å². The fourth-order valence-corrected chi connectivity index (χ4v) is 8.81. The zero-order chi connectivity index (χ0) is 40.4. The number of aliphatic carboxylic acids is 1. The number of ether oxygens (including phenoxy) is 3. The molecular weight excluding hydrogens is 756 g/mol. The molecule has 14 nitrogen and oxygen atoms in total. The first-order chi connectivity index (χ1) is 26.5. The number of fused-ring (bicyclic) bond motifs is 2. The summed E-state index contributed by atoms with van der Waals surface area (Å²) in [6.07, 6.45) is -3.16. The molecule has 1 saturated heterocycles. The van der Waals surface area contributed by atoms with Crippen LogP contribution in [0.5, 0.6) is 5.88 Å². The molecule has 4 aromatic rings. The van der Waals surface area contributed by atoms with Crippen molar-refractivity contribution in [3.8, 4) is 5.88 Å². The molecule has 1 atom stereocenters. The first-order valence-electron chi connectivity index (χ1n) is 18.5. The molecule has 5 heterocycles. The van der Waals surface area contributed by atoms with Crippen LogP contribution in [0.4, 0.5) is 19.0 Å². The molecule has 0 amide bonds. The molecule has 0 radical (unpaired) electrons. The van der Waals surface area contributed by atoms with E-state index in [1.165, 1.54) is 16.6 Å². The van der Waals surface area contributed by atoms with Gasteiger partial charge in [0.1, 0.15) is 17.3 Å². The van der Waals surface area contributed by atoms with E-state index < -0.39 is 39.3 Å². The lowest BCUT2D eigenvalue weighted by Gasteiger charge is -2.33. The van der Waals surface area contributed by atoms with E-state index in [9.17, 15) is 31.5 Å². The van der Waals surface area contributed by atoms with Gasteiger partial charge >= 0.3 is 12.1 Å². The van der Waals surface area contributed by atoms with E-state index in [0.717, 1.165) is 29.6 Å². The Bertz CT molecular complexity index is 2170. The van der Waals surface area contributed by atoms with Gasteiger partial charge < -0.3 is 24.6 Å². The largest absolute Gasteiger partial charge is 0.481 e. The van der Waals surface area contributed by atoms with Gasteiger partial charge in [0, 0.05) is 58.0 Å². The molecule has 3 aromatic heterocycles. The average Bonchev–Trinajstić information content (AvgIpc) is 3.59. The molecule has 304 valence electrons. The van der Waals surface area contributed by atoms with Crippen molar-refractivity contribution in [3.63, 3.8) is 0 Å². The molecular formula is C38H48F3N7O7S. The number of rotatable bonds is 10. The van der Waals surface area contributed by atoms with Crippen LogP contribution in [0, 0.1) is 26.2 Å². The topological polar surface area (TPSA) is 161 Å². The van der Waals surface area contributed by atoms with Gasteiger partial charge in [0.15, 0.2) is 5.65 Å². The number of carbonyl (C=O) groups is 1. The minimum atomic E-state index is -4.75. The number of aryl methyl sites for hydroxylation is 3. The number of carboxylic acids is 1. The summed E-state index contributed by atoms with van der Waals surface area (Å²) in [7, 11) is -4.22.